The highest BCUT2D eigenvalue weighted by atomic mass is 15.2. The van der Waals surface area contributed by atoms with Crippen molar-refractivity contribution in [2.24, 2.45) is 0 Å². The Kier molecular flexibility index (Phi) is 8.42. The van der Waals surface area contributed by atoms with E-state index in [1.54, 1.807) is 0 Å². The molecule has 0 amide bonds. The lowest BCUT2D eigenvalue weighted by molar-refractivity contribution is 0.771. The smallest absolute Gasteiger partial charge is 0.0563 e. The van der Waals surface area contributed by atoms with Gasteiger partial charge in [-0.3, -0.25) is 0 Å². The van der Waals surface area contributed by atoms with Crippen LogP contribution in [0.1, 0.15) is 24.1 Å². The van der Waals surface area contributed by atoms with Crippen molar-refractivity contribution >= 4 is 54.5 Å². The fourth-order valence-electron chi connectivity index (χ4n) is 8.92. The summed E-state index contributed by atoms with van der Waals surface area (Å²) < 4.78 is 0. The Labute approximate surface area is 328 Å². The molecule has 10 rings (SSSR count). The molecular formula is C55H41N. The van der Waals surface area contributed by atoms with Crippen LogP contribution in [0.4, 0.5) is 11.4 Å². The van der Waals surface area contributed by atoms with Gasteiger partial charge in [0.1, 0.15) is 0 Å². The molecule has 1 atom stereocenters. The fraction of sp³-hybridized carbons (Fsp3) is 0.0545. The van der Waals surface area contributed by atoms with Gasteiger partial charge in [-0.2, -0.15) is 0 Å². The van der Waals surface area contributed by atoms with Crippen molar-refractivity contribution in [2.45, 2.75) is 19.9 Å². The van der Waals surface area contributed by atoms with Gasteiger partial charge in [-0.25, -0.2) is 0 Å². The standard InChI is InChI=1S/C55H41N/c1-37-16-6-13-29-53(37)56(44-21-4-3-5-22-44)38(2)39-30-32-40(33-31-39)43-34-35-51-52(36-43)55(48-28-15-20-42-18-8-10-24-46(42)48)50-26-12-11-25-49(50)54(51)47-27-14-19-41-17-7-9-23-45(41)47/h3-36,38H,1-2H3. The van der Waals surface area contributed by atoms with Crippen LogP contribution in [0.5, 0.6) is 0 Å². The van der Waals surface area contributed by atoms with E-state index in [2.05, 4.69) is 225 Å². The van der Waals surface area contributed by atoms with E-state index in [0.717, 1.165) is 0 Å². The van der Waals surface area contributed by atoms with Crippen LogP contribution in [0.25, 0.3) is 76.5 Å². The number of anilines is 2. The zero-order chi connectivity index (χ0) is 37.6. The third-order valence-corrected chi connectivity index (χ3v) is 11.7. The Morgan fingerprint density at radius 3 is 1.48 bits per heavy atom. The molecule has 10 aromatic carbocycles. The third kappa shape index (κ3) is 5.72. The van der Waals surface area contributed by atoms with E-state index in [9.17, 15) is 0 Å². The zero-order valence-corrected chi connectivity index (χ0v) is 31.7. The van der Waals surface area contributed by atoms with E-state index in [0.29, 0.717) is 0 Å². The van der Waals surface area contributed by atoms with Crippen LogP contribution in [-0.4, -0.2) is 0 Å². The van der Waals surface area contributed by atoms with Gasteiger partial charge in [-0.15, -0.1) is 0 Å². The topological polar surface area (TPSA) is 3.24 Å². The van der Waals surface area contributed by atoms with Crippen LogP contribution in [0.15, 0.2) is 206 Å². The minimum absolute atomic E-state index is 0.122. The average molecular weight is 716 g/mol. The van der Waals surface area contributed by atoms with Crippen LogP contribution >= 0.6 is 0 Å². The van der Waals surface area contributed by atoms with E-state index in [1.807, 2.05) is 0 Å². The molecule has 0 heterocycles. The summed E-state index contributed by atoms with van der Waals surface area (Å²) in [6.45, 7) is 4.50. The molecule has 0 spiro atoms. The quantitative estimate of drug-likeness (QED) is 0.149. The maximum atomic E-state index is 2.46. The number of rotatable bonds is 7. The van der Waals surface area contributed by atoms with Crippen LogP contribution in [0.2, 0.25) is 0 Å². The Balaban J connectivity index is 1.18. The van der Waals surface area contributed by atoms with Crippen LogP contribution < -0.4 is 4.90 Å². The van der Waals surface area contributed by atoms with Crippen molar-refractivity contribution in [1.29, 1.82) is 0 Å². The summed E-state index contributed by atoms with van der Waals surface area (Å²) in [6.07, 6.45) is 0. The molecule has 1 nitrogen and oxygen atoms in total. The zero-order valence-electron chi connectivity index (χ0n) is 31.7. The lowest BCUT2D eigenvalue weighted by Crippen LogP contribution is -2.22. The Hall–Kier alpha value is -6.96. The molecule has 0 aromatic heterocycles. The highest BCUT2D eigenvalue weighted by Gasteiger charge is 2.22. The molecule has 0 radical (unpaired) electrons. The molecular weight excluding hydrogens is 675 g/mol. The van der Waals surface area contributed by atoms with Gasteiger partial charge in [0.05, 0.1) is 6.04 Å². The average Bonchev–Trinajstić information content (AvgIpc) is 3.26. The number of hydrogen-bond donors (Lipinski definition) is 0. The summed E-state index contributed by atoms with van der Waals surface area (Å²) in [5.41, 5.74) is 12.4. The molecule has 1 unspecified atom stereocenters. The second kappa shape index (κ2) is 14.0. The first-order valence-electron chi connectivity index (χ1n) is 19.6. The van der Waals surface area contributed by atoms with Crippen molar-refractivity contribution < 1.29 is 0 Å². The van der Waals surface area contributed by atoms with Crippen molar-refractivity contribution in [3.8, 4) is 33.4 Å². The summed E-state index contributed by atoms with van der Waals surface area (Å²) >= 11 is 0. The van der Waals surface area contributed by atoms with Crippen molar-refractivity contribution in [2.75, 3.05) is 4.90 Å². The van der Waals surface area contributed by atoms with E-state index >= 15 is 0 Å². The molecule has 0 bridgehead atoms. The van der Waals surface area contributed by atoms with Gasteiger partial charge in [0.2, 0.25) is 0 Å². The minimum Gasteiger partial charge on any atom is -0.334 e. The minimum atomic E-state index is 0.122. The second-order valence-corrected chi connectivity index (χ2v) is 14.9. The van der Waals surface area contributed by atoms with Gasteiger partial charge >= 0.3 is 0 Å². The number of fused-ring (bicyclic) bond motifs is 4. The molecule has 1 heteroatoms. The van der Waals surface area contributed by atoms with Gasteiger partial charge < -0.3 is 4.90 Å². The Morgan fingerprint density at radius 2 is 0.857 bits per heavy atom. The normalized spacial score (nSPS) is 12.0. The highest BCUT2D eigenvalue weighted by molar-refractivity contribution is 6.25. The van der Waals surface area contributed by atoms with Crippen LogP contribution in [-0.2, 0) is 0 Å². The number of nitrogens with zero attached hydrogens (tertiary/aromatic N) is 1. The lowest BCUT2D eigenvalue weighted by Gasteiger charge is -2.33. The molecule has 0 aliphatic carbocycles. The molecule has 0 saturated carbocycles. The van der Waals surface area contributed by atoms with Crippen molar-refractivity contribution in [3.63, 3.8) is 0 Å². The molecule has 266 valence electrons. The van der Waals surface area contributed by atoms with Gasteiger partial charge in [0.15, 0.2) is 0 Å². The van der Waals surface area contributed by atoms with Gasteiger partial charge in [0, 0.05) is 11.4 Å². The summed E-state index contributed by atoms with van der Waals surface area (Å²) in [5, 5.41) is 10.1. The highest BCUT2D eigenvalue weighted by Crippen LogP contribution is 2.47. The van der Waals surface area contributed by atoms with E-state index in [-0.39, 0.29) is 6.04 Å². The summed E-state index contributed by atoms with van der Waals surface area (Å²) in [5.74, 6) is 0. The van der Waals surface area contributed by atoms with Crippen LogP contribution in [0, 0.1) is 6.92 Å². The first-order chi connectivity index (χ1) is 27.6. The molecule has 0 saturated heterocycles. The molecule has 0 aliphatic rings. The first-order valence-corrected chi connectivity index (χ1v) is 19.6. The second-order valence-electron chi connectivity index (χ2n) is 14.9. The molecule has 0 aliphatic heterocycles. The van der Waals surface area contributed by atoms with E-state index < -0.39 is 0 Å². The van der Waals surface area contributed by atoms with Gasteiger partial charge in [-0.05, 0) is 126 Å². The number of benzene rings is 10. The number of aryl methyl sites for hydroxylation is 1. The third-order valence-electron chi connectivity index (χ3n) is 11.7. The van der Waals surface area contributed by atoms with Gasteiger partial charge in [-0.1, -0.05) is 182 Å². The summed E-state index contributed by atoms with van der Waals surface area (Å²) in [4.78, 5) is 2.46. The lowest BCUT2D eigenvalue weighted by atomic mass is 9.83. The van der Waals surface area contributed by atoms with E-state index in [4.69, 9.17) is 0 Å². The fourth-order valence-corrected chi connectivity index (χ4v) is 8.92. The summed E-state index contributed by atoms with van der Waals surface area (Å²) in [6, 6.07) is 75.9. The molecule has 0 fully saturated rings. The predicted octanol–water partition coefficient (Wildman–Crippen LogP) is 15.5. The molecule has 0 N–H and O–H groups in total. The predicted molar refractivity (Wildman–Crippen MR) is 241 cm³/mol. The molecule has 10 aromatic rings. The van der Waals surface area contributed by atoms with Crippen LogP contribution in [0.3, 0.4) is 0 Å². The Bertz CT molecular complexity index is 3040. The van der Waals surface area contributed by atoms with Gasteiger partial charge in [0.25, 0.3) is 0 Å². The summed E-state index contributed by atoms with van der Waals surface area (Å²) in [7, 11) is 0. The maximum Gasteiger partial charge on any atom is 0.0563 e. The monoisotopic (exact) mass is 715 g/mol. The Morgan fingerprint density at radius 1 is 0.375 bits per heavy atom. The largest absolute Gasteiger partial charge is 0.334 e. The number of hydrogen-bond acceptors (Lipinski definition) is 1. The molecule has 56 heavy (non-hydrogen) atoms. The van der Waals surface area contributed by atoms with E-state index in [1.165, 1.54) is 99.0 Å². The SMILES string of the molecule is Cc1ccccc1N(c1ccccc1)C(C)c1ccc(-c2ccc3c(-c4cccc5ccccc45)c4ccccc4c(-c4cccc5ccccc45)c3c2)cc1. The number of para-hydroxylation sites is 2. The van der Waals surface area contributed by atoms with Crippen molar-refractivity contribution in [1.82, 2.24) is 0 Å². The maximum absolute atomic E-state index is 2.46. The first kappa shape index (κ1) is 33.6. The van der Waals surface area contributed by atoms with Crippen molar-refractivity contribution in [3.05, 3.63) is 217 Å².